The summed E-state index contributed by atoms with van der Waals surface area (Å²) in [4.78, 5) is 17.6. The second kappa shape index (κ2) is 8.22. The summed E-state index contributed by atoms with van der Waals surface area (Å²) in [6.07, 6.45) is 8.96. The molecule has 0 aromatic heterocycles. The lowest BCUT2D eigenvalue weighted by molar-refractivity contribution is -0.120. The quantitative estimate of drug-likeness (QED) is 0.801. The van der Waals surface area contributed by atoms with E-state index < -0.39 is 0 Å². The monoisotopic (exact) mass is 369 g/mol. The van der Waals surface area contributed by atoms with Gasteiger partial charge in [0.25, 0.3) is 0 Å². The van der Waals surface area contributed by atoms with E-state index in [2.05, 4.69) is 53.2 Å². The number of amides is 1. The van der Waals surface area contributed by atoms with Crippen LogP contribution in [0.4, 0.5) is 11.4 Å². The van der Waals surface area contributed by atoms with Gasteiger partial charge < -0.3 is 10.2 Å². The van der Waals surface area contributed by atoms with E-state index in [0.717, 1.165) is 37.2 Å². The topological polar surface area (TPSA) is 35.6 Å². The minimum atomic E-state index is 0.108. The summed E-state index contributed by atoms with van der Waals surface area (Å²) in [5.41, 5.74) is 2.21. The van der Waals surface area contributed by atoms with E-state index in [1.807, 2.05) is 0 Å². The first-order valence-corrected chi connectivity index (χ1v) is 11.0. The van der Waals surface area contributed by atoms with Crippen molar-refractivity contribution in [2.75, 3.05) is 29.9 Å². The van der Waals surface area contributed by atoms with Crippen LogP contribution in [0, 0.1) is 11.8 Å². The molecule has 0 bridgehead atoms. The number of nitrogens with one attached hydrogen (secondary N) is 1. The van der Waals surface area contributed by atoms with Gasteiger partial charge in [0.1, 0.15) is 0 Å². The number of carbonyl (C=O) groups excluding carboxylic acids is 1. The molecule has 27 heavy (non-hydrogen) atoms. The maximum Gasteiger partial charge on any atom is 0.227 e. The molecule has 1 aromatic rings. The van der Waals surface area contributed by atoms with Crippen molar-refractivity contribution in [3.8, 4) is 0 Å². The van der Waals surface area contributed by atoms with Gasteiger partial charge in [-0.15, -0.1) is 0 Å². The summed E-state index contributed by atoms with van der Waals surface area (Å²) in [6.45, 7) is 7.97. The molecule has 1 amide bonds. The van der Waals surface area contributed by atoms with Gasteiger partial charge in [-0.05, 0) is 69.3 Å². The average Bonchev–Trinajstić information content (AvgIpc) is 3.27. The fourth-order valence-electron chi connectivity index (χ4n) is 5.10. The van der Waals surface area contributed by atoms with Crippen LogP contribution < -0.4 is 10.2 Å². The second-order valence-electron chi connectivity index (χ2n) is 9.09. The van der Waals surface area contributed by atoms with E-state index in [0.29, 0.717) is 6.04 Å². The van der Waals surface area contributed by atoms with Gasteiger partial charge in [0.15, 0.2) is 0 Å². The predicted molar refractivity (Wildman–Crippen MR) is 112 cm³/mol. The molecule has 148 valence electrons. The normalized spacial score (nSPS) is 27.6. The molecule has 0 spiro atoms. The molecule has 4 heteroatoms. The summed E-state index contributed by atoms with van der Waals surface area (Å²) in [5, 5.41) is 3.11. The van der Waals surface area contributed by atoms with Crippen LogP contribution in [0.3, 0.4) is 0 Å². The number of hydrogen-bond acceptors (Lipinski definition) is 3. The molecule has 3 aliphatic rings. The van der Waals surface area contributed by atoms with Crippen molar-refractivity contribution in [3.63, 3.8) is 0 Å². The molecule has 1 N–H and O–H groups in total. The Labute approximate surface area is 164 Å². The smallest absolute Gasteiger partial charge is 0.227 e. The lowest BCUT2D eigenvalue weighted by Crippen LogP contribution is -2.39. The van der Waals surface area contributed by atoms with Gasteiger partial charge in [0.2, 0.25) is 5.91 Å². The van der Waals surface area contributed by atoms with Gasteiger partial charge in [0, 0.05) is 42.5 Å². The summed E-state index contributed by atoms with van der Waals surface area (Å²) in [5.74, 6) is 1.05. The maximum absolute atomic E-state index is 12.4. The standard InChI is InChI=1S/C23H35N3O/c1-17(15-19-6-3-7-19)23(27)24-20-8-10-21(11-9-20)25-14-12-22(16-25)26-13-4-5-18(26)2/h8-11,17-19,22H,3-7,12-16H2,1-2H3,(H,24,27). The molecule has 3 atom stereocenters. The van der Waals surface area contributed by atoms with Crippen molar-refractivity contribution in [2.45, 2.75) is 70.9 Å². The van der Waals surface area contributed by atoms with Crippen molar-refractivity contribution in [2.24, 2.45) is 11.8 Å². The lowest BCUT2D eigenvalue weighted by atomic mass is 9.79. The first kappa shape index (κ1) is 18.8. The van der Waals surface area contributed by atoms with Crippen LogP contribution in [-0.2, 0) is 4.79 Å². The number of rotatable bonds is 6. The number of carbonyl (C=O) groups is 1. The summed E-state index contributed by atoms with van der Waals surface area (Å²) in [6, 6.07) is 9.91. The van der Waals surface area contributed by atoms with Crippen LogP contribution in [0.5, 0.6) is 0 Å². The van der Waals surface area contributed by atoms with Crippen LogP contribution in [-0.4, -0.2) is 42.5 Å². The first-order chi connectivity index (χ1) is 13.1. The van der Waals surface area contributed by atoms with Gasteiger partial charge in [-0.1, -0.05) is 26.2 Å². The molecule has 4 nitrogen and oxygen atoms in total. The number of benzene rings is 1. The Hall–Kier alpha value is -1.55. The predicted octanol–water partition coefficient (Wildman–Crippen LogP) is 4.51. The largest absolute Gasteiger partial charge is 0.370 e. The summed E-state index contributed by atoms with van der Waals surface area (Å²) < 4.78 is 0. The highest BCUT2D eigenvalue weighted by Crippen LogP contribution is 2.33. The Kier molecular flexibility index (Phi) is 5.72. The third kappa shape index (κ3) is 4.31. The van der Waals surface area contributed by atoms with E-state index in [9.17, 15) is 4.79 Å². The lowest BCUT2D eigenvalue weighted by Gasteiger charge is -2.28. The van der Waals surface area contributed by atoms with E-state index in [1.54, 1.807) is 0 Å². The summed E-state index contributed by atoms with van der Waals surface area (Å²) >= 11 is 0. The fourth-order valence-corrected chi connectivity index (χ4v) is 5.10. The minimum absolute atomic E-state index is 0.108. The van der Waals surface area contributed by atoms with E-state index >= 15 is 0 Å². The van der Waals surface area contributed by atoms with E-state index in [1.165, 1.54) is 50.8 Å². The van der Waals surface area contributed by atoms with Crippen molar-refractivity contribution in [1.29, 1.82) is 0 Å². The highest BCUT2D eigenvalue weighted by molar-refractivity contribution is 5.92. The number of nitrogens with zero attached hydrogens (tertiary/aromatic N) is 2. The highest BCUT2D eigenvalue weighted by atomic mass is 16.1. The van der Waals surface area contributed by atoms with E-state index in [-0.39, 0.29) is 11.8 Å². The molecule has 1 aliphatic carbocycles. The van der Waals surface area contributed by atoms with Crippen LogP contribution in [0.1, 0.15) is 58.8 Å². The van der Waals surface area contributed by atoms with Gasteiger partial charge in [-0.25, -0.2) is 0 Å². The van der Waals surface area contributed by atoms with Crippen LogP contribution in [0.15, 0.2) is 24.3 Å². The molecule has 2 aliphatic heterocycles. The Balaban J connectivity index is 1.29. The Morgan fingerprint density at radius 1 is 1.11 bits per heavy atom. The molecule has 4 rings (SSSR count). The van der Waals surface area contributed by atoms with Gasteiger partial charge in [-0.3, -0.25) is 9.69 Å². The first-order valence-electron chi connectivity index (χ1n) is 11.0. The highest BCUT2D eigenvalue weighted by Gasteiger charge is 2.32. The third-order valence-electron chi connectivity index (χ3n) is 7.10. The SMILES string of the molecule is CC(CC1CCC1)C(=O)Nc1ccc(N2CCC(N3CCCC3C)C2)cc1. The molecule has 3 fully saturated rings. The number of likely N-dealkylation sites (tertiary alicyclic amines) is 1. The Bertz CT molecular complexity index is 640. The fraction of sp³-hybridized carbons (Fsp3) is 0.696. The Morgan fingerprint density at radius 3 is 2.52 bits per heavy atom. The zero-order valence-corrected chi connectivity index (χ0v) is 17.0. The zero-order chi connectivity index (χ0) is 18.8. The number of anilines is 2. The van der Waals surface area contributed by atoms with Crippen molar-refractivity contribution >= 4 is 17.3 Å². The second-order valence-corrected chi connectivity index (χ2v) is 9.09. The van der Waals surface area contributed by atoms with Gasteiger partial charge in [0.05, 0.1) is 0 Å². The summed E-state index contributed by atoms with van der Waals surface area (Å²) in [7, 11) is 0. The average molecular weight is 370 g/mol. The molecule has 0 radical (unpaired) electrons. The van der Waals surface area contributed by atoms with Crippen LogP contribution in [0.25, 0.3) is 0 Å². The number of hydrogen-bond donors (Lipinski definition) is 1. The van der Waals surface area contributed by atoms with Gasteiger partial charge >= 0.3 is 0 Å². The molecule has 2 heterocycles. The molecule has 1 saturated carbocycles. The molecule has 3 unspecified atom stereocenters. The molecule has 2 saturated heterocycles. The van der Waals surface area contributed by atoms with Crippen LogP contribution in [0.2, 0.25) is 0 Å². The minimum Gasteiger partial charge on any atom is -0.370 e. The van der Waals surface area contributed by atoms with Gasteiger partial charge in [-0.2, -0.15) is 0 Å². The van der Waals surface area contributed by atoms with Crippen LogP contribution >= 0.6 is 0 Å². The van der Waals surface area contributed by atoms with Crippen molar-refractivity contribution < 1.29 is 4.79 Å². The zero-order valence-electron chi connectivity index (χ0n) is 17.0. The molecular weight excluding hydrogens is 334 g/mol. The molecular formula is C23H35N3O. The van der Waals surface area contributed by atoms with Crippen molar-refractivity contribution in [3.05, 3.63) is 24.3 Å². The molecule has 1 aromatic carbocycles. The van der Waals surface area contributed by atoms with Crippen molar-refractivity contribution in [1.82, 2.24) is 4.90 Å². The maximum atomic E-state index is 12.4. The van der Waals surface area contributed by atoms with E-state index in [4.69, 9.17) is 0 Å². The third-order valence-corrected chi connectivity index (χ3v) is 7.10. The Morgan fingerprint density at radius 2 is 1.89 bits per heavy atom.